The van der Waals surface area contributed by atoms with Crippen molar-refractivity contribution < 1.29 is 14.3 Å². The van der Waals surface area contributed by atoms with Crippen molar-refractivity contribution in [3.63, 3.8) is 0 Å². The molecule has 1 fully saturated rings. The lowest BCUT2D eigenvalue weighted by molar-refractivity contribution is -0.122. The molecule has 0 saturated carbocycles. The summed E-state index contributed by atoms with van der Waals surface area (Å²) in [5.41, 5.74) is 2.30. The fraction of sp³-hybridized carbons (Fsp3) is 0.0345. The molecule has 1 aliphatic rings. The lowest BCUT2D eigenvalue weighted by atomic mass is 10.1. The van der Waals surface area contributed by atoms with Crippen LogP contribution in [0.3, 0.4) is 0 Å². The van der Waals surface area contributed by atoms with Crippen molar-refractivity contribution in [1.29, 1.82) is 0 Å². The van der Waals surface area contributed by atoms with Gasteiger partial charge in [-0.3, -0.25) is 19.8 Å². The number of aromatic nitrogens is 1. The van der Waals surface area contributed by atoms with Gasteiger partial charge in [0.15, 0.2) is 5.11 Å². The zero-order valence-corrected chi connectivity index (χ0v) is 21.4. The first-order valence-electron chi connectivity index (χ1n) is 11.4. The fourth-order valence-corrected chi connectivity index (χ4v) is 4.79. The topological polar surface area (TPSA) is 71.5 Å². The van der Waals surface area contributed by atoms with Crippen molar-refractivity contribution in [2.45, 2.75) is 16.8 Å². The third kappa shape index (κ3) is 5.61. The summed E-state index contributed by atoms with van der Waals surface area (Å²) in [5.74, 6) is 0.248. The number of anilines is 1. The number of rotatable bonds is 6. The largest absolute Gasteiger partial charge is 0.457 e. The average molecular weight is 524 g/mol. The molecule has 5 rings (SSSR count). The molecule has 2 heterocycles. The normalized spacial score (nSPS) is 14.6. The predicted molar refractivity (Wildman–Crippen MR) is 149 cm³/mol. The number of carbonyl (C=O) groups is 2. The lowest BCUT2D eigenvalue weighted by Gasteiger charge is -2.29. The van der Waals surface area contributed by atoms with Crippen LogP contribution in [0, 0.1) is 6.92 Å². The summed E-state index contributed by atoms with van der Waals surface area (Å²) >= 11 is 6.80. The van der Waals surface area contributed by atoms with Crippen molar-refractivity contribution in [2.75, 3.05) is 4.90 Å². The van der Waals surface area contributed by atoms with Gasteiger partial charge in [0.2, 0.25) is 0 Å². The Balaban J connectivity index is 1.41. The van der Waals surface area contributed by atoms with Crippen LogP contribution in [0.4, 0.5) is 5.69 Å². The third-order valence-electron chi connectivity index (χ3n) is 5.51. The zero-order valence-electron chi connectivity index (χ0n) is 19.8. The van der Waals surface area contributed by atoms with Crippen molar-refractivity contribution in [3.8, 4) is 11.5 Å². The van der Waals surface area contributed by atoms with Gasteiger partial charge >= 0.3 is 0 Å². The summed E-state index contributed by atoms with van der Waals surface area (Å²) in [4.78, 5) is 33.1. The first-order valence-corrected chi connectivity index (χ1v) is 12.6. The molecule has 2 amide bonds. The van der Waals surface area contributed by atoms with Crippen LogP contribution in [-0.2, 0) is 9.59 Å². The van der Waals surface area contributed by atoms with E-state index in [1.54, 1.807) is 42.6 Å². The highest BCUT2D eigenvalue weighted by Gasteiger charge is 2.34. The molecule has 182 valence electrons. The molecule has 1 saturated heterocycles. The Morgan fingerprint density at radius 1 is 0.892 bits per heavy atom. The highest BCUT2D eigenvalue weighted by Crippen LogP contribution is 2.31. The minimum Gasteiger partial charge on any atom is -0.457 e. The zero-order chi connectivity index (χ0) is 25.8. The molecular weight excluding hydrogens is 502 g/mol. The Hall–Kier alpha value is -4.27. The van der Waals surface area contributed by atoms with Crippen LogP contribution in [0.1, 0.15) is 11.1 Å². The number of benzene rings is 3. The molecule has 0 spiro atoms. The number of nitrogens with one attached hydrogen (secondary N) is 1. The molecule has 0 atom stereocenters. The van der Waals surface area contributed by atoms with Crippen molar-refractivity contribution in [1.82, 2.24) is 10.3 Å². The molecule has 1 aromatic heterocycles. The van der Waals surface area contributed by atoms with Gasteiger partial charge < -0.3 is 4.74 Å². The number of pyridine rings is 1. The highest BCUT2D eigenvalue weighted by molar-refractivity contribution is 7.99. The second kappa shape index (κ2) is 10.8. The number of carbonyl (C=O) groups excluding carboxylic acids is 2. The maximum Gasteiger partial charge on any atom is 0.270 e. The van der Waals surface area contributed by atoms with Crippen molar-refractivity contribution >= 4 is 52.7 Å². The number of amides is 2. The van der Waals surface area contributed by atoms with Crippen LogP contribution >= 0.6 is 24.0 Å². The number of thiocarbonyl (C=S) groups is 1. The Morgan fingerprint density at radius 3 is 2.32 bits per heavy atom. The van der Waals surface area contributed by atoms with E-state index in [0.717, 1.165) is 10.5 Å². The number of hydrogen-bond donors (Lipinski definition) is 1. The van der Waals surface area contributed by atoms with Gasteiger partial charge in [0.05, 0.1) is 5.69 Å². The van der Waals surface area contributed by atoms with Crippen LogP contribution < -0.4 is 15.0 Å². The molecule has 1 aliphatic heterocycles. The van der Waals surface area contributed by atoms with Gasteiger partial charge in [-0.25, -0.2) is 4.98 Å². The smallest absolute Gasteiger partial charge is 0.270 e. The summed E-state index contributed by atoms with van der Waals surface area (Å²) in [6.45, 7) is 2.03. The average Bonchev–Trinajstić information content (AvgIpc) is 2.90. The molecule has 0 unspecified atom stereocenters. The summed E-state index contributed by atoms with van der Waals surface area (Å²) in [6, 6.07) is 28.0. The highest BCUT2D eigenvalue weighted by atomic mass is 32.2. The molecule has 0 radical (unpaired) electrons. The second-order valence-electron chi connectivity index (χ2n) is 8.18. The maximum absolute atomic E-state index is 13.5. The molecule has 37 heavy (non-hydrogen) atoms. The monoisotopic (exact) mass is 523 g/mol. The van der Waals surface area contributed by atoms with Crippen LogP contribution in [0.15, 0.2) is 113 Å². The van der Waals surface area contributed by atoms with Crippen molar-refractivity contribution in [3.05, 3.63) is 114 Å². The number of nitrogens with zero attached hydrogens (tertiary/aromatic N) is 2. The molecule has 6 nitrogen and oxygen atoms in total. The number of aryl methyl sites for hydroxylation is 1. The van der Waals surface area contributed by atoms with E-state index in [1.807, 2.05) is 67.6 Å². The first-order chi connectivity index (χ1) is 18.0. The van der Waals surface area contributed by atoms with Crippen LogP contribution in [0.25, 0.3) is 6.08 Å². The van der Waals surface area contributed by atoms with E-state index in [1.165, 1.54) is 16.7 Å². The van der Waals surface area contributed by atoms with E-state index in [-0.39, 0.29) is 10.7 Å². The molecular formula is C29H21N3O3S2. The summed E-state index contributed by atoms with van der Waals surface area (Å²) < 4.78 is 5.83. The van der Waals surface area contributed by atoms with Gasteiger partial charge in [0, 0.05) is 16.7 Å². The minimum atomic E-state index is -0.551. The number of ether oxygens (including phenoxy) is 1. The summed E-state index contributed by atoms with van der Waals surface area (Å²) in [6.07, 6.45) is 3.24. The Morgan fingerprint density at radius 2 is 1.59 bits per heavy atom. The van der Waals surface area contributed by atoms with Gasteiger partial charge in [-0.2, -0.15) is 0 Å². The quantitative estimate of drug-likeness (QED) is 0.185. The molecule has 3 aromatic carbocycles. The maximum atomic E-state index is 13.5. The van der Waals surface area contributed by atoms with E-state index < -0.39 is 11.8 Å². The SMILES string of the molecule is Cc1ccc(Sc2ncccc2/C=C2\C(=O)NC(=S)N(c3ccc(Oc4ccccc4)cc3)C2=O)cc1. The van der Waals surface area contributed by atoms with Crippen LogP contribution in [0.2, 0.25) is 0 Å². The third-order valence-corrected chi connectivity index (χ3v) is 6.84. The number of hydrogen-bond acceptors (Lipinski definition) is 6. The van der Waals surface area contributed by atoms with E-state index in [4.69, 9.17) is 17.0 Å². The Bertz CT molecular complexity index is 1500. The fourth-order valence-electron chi connectivity index (χ4n) is 3.65. The Labute approximate surface area is 224 Å². The summed E-state index contributed by atoms with van der Waals surface area (Å²) in [5, 5.41) is 3.33. The van der Waals surface area contributed by atoms with E-state index in [2.05, 4.69) is 10.3 Å². The lowest BCUT2D eigenvalue weighted by Crippen LogP contribution is -2.54. The minimum absolute atomic E-state index is 0.0179. The van der Waals surface area contributed by atoms with Gasteiger partial charge in [0.1, 0.15) is 22.1 Å². The molecule has 0 aliphatic carbocycles. The van der Waals surface area contributed by atoms with Crippen LogP contribution in [0.5, 0.6) is 11.5 Å². The van der Waals surface area contributed by atoms with Crippen molar-refractivity contribution in [2.24, 2.45) is 0 Å². The van der Waals surface area contributed by atoms with Gasteiger partial charge in [-0.05, 0) is 79.8 Å². The van der Waals surface area contributed by atoms with Gasteiger partial charge in [0.25, 0.3) is 11.8 Å². The van der Waals surface area contributed by atoms with E-state index >= 15 is 0 Å². The van der Waals surface area contributed by atoms with E-state index in [0.29, 0.717) is 27.8 Å². The van der Waals surface area contributed by atoms with E-state index in [9.17, 15) is 9.59 Å². The molecule has 4 aromatic rings. The van der Waals surface area contributed by atoms with Gasteiger partial charge in [-0.15, -0.1) is 0 Å². The standard InChI is InChI=1S/C29H21N3O3S2/c1-19-9-15-24(16-10-19)37-27-20(6-5-17-30-27)18-25-26(33)31-29(36)32(28(25)34)21-11-13-23(14-12-21)35-22-7-3-2-4-8-22/h2-18H,1H3,(H,31,33,36)/b25-18+. The molecule has 0 bridgehead atoms. The summed E-state index contributed by atoms with van der Waals surface area (Å²) in [7, 11) is 0. The first kappa shape index (κ1) is 24.4. The van der Waals surface area contributed by atoms with Gasteiger partial charge in [-0.1, -0.05) is 53.7 Å². The number of para-hydroxylation sites is 1. The molecule has 1 N–H and O–H groups in total. The second-order valence-corrected chi connectivity index (χ2v) is 9.63. The van der Waals surface area contributed by atoms with Crippen LogP contribution in [-0.4, -0.2) is 21.9 Å². The molecule has 8 heteroatoms. The Kier molecular flexibility index (Phi) is 7.11. The predicted octanol–water partition coefficient (Wildman–Crippen LogP) is 6.16.